The molecule has 0 unspecified atom stereocenters. The maximum absolute atomic E-state index is 12.7. The molecule has 6 nitrogen and oxygen atoms in total. The molecule has 0 atom stereocenters. The number of carbonyl (C=O) groups is 1. The fraction of sp³-hybridized carbons (Fsp3) is 0.250. The highest BCUT2D eigenvalue weighted by molar-refractivity contribution is 5.74. The van der Waals surface area contributed by atoms with Crippen LogP contribution in [0.2, 0.25) is 0 Å². The highest BCUT2D eigenvalue weighted by atomic mass is 16.5. The summed E-state index contributed by atoms with van der Waals surface area (Å²) in [5, 5.41) is 2.96. The number of hydrogen-bond acceptors (Lipinski definition) is 4. The highest BCUT2D eigenvalue weighted by Crippen LogP contribution is 2.12. The Hall–Kier alpha value is -2.99. The van der Waals surface area contributed by atoms with E-state index in [1.807, 2.05) is 36.4 Å². The second-order valence-corrected chi connectivity index (χ2v) is 5.93. The number of ether oxygens (including phenoxy) is 1. The van der Waals surface area contributed by atoms with Crippen molar-refractivity contribution in [3.63, 3.8) is 0 Å². The molecule has 2 heterocycles. The van der Waals surface area contributed by atoms with Crippen LogP contribution in [0.3, 0.4) is 0 Å². The van der Waals surface area contributed by atoms with E-state index in [1.54, 1.807) is 36.7 Å². The van der Waals surface area contributed by atoms with Gasteiger partial charge in [-0.05, 0) is 35.4 Å². The molecule has 0 bridgehead atoms. The summed E-state index contributed by atoms with van der Waals surface area (Å²) in [7, 11) is 1.66. The average Bonchev–Trinajstić information content (AvgIpc) is 3.34. The number of urea groups is 1. The van der Waals surface area contributed by atoms with E-state index in [2.05, 4.69) is 5.32 Å². The number of benzene rings is 1. The molecule has 6 heteroatoms. The topological polar surface area (TPSA) is 67.8 Å². The Balaban J connectivity index is 1.63. The van der Waals surface area contributed by atoms with Crippen LogP contribution in [0.15, 0.2) is 69.9 Å². The number of furan rings is 2. The standard InChI is InChI=1S/C20H22N2O4/c1-24-15-17-6-2-5-16(11-17)12-21-20(23)22(13-18-7-3-9-25-18)14-19-8-4-10-26-19/h2-11H,12-15H2,1H3,(H,21,23). The van der Waals surface area contributed by atoms with Gasteiger partial charge >= 0.3 is 6.03 Å². The zero-order valence-electron chi connectivity index (χ0n) is 14.7. The summed E-state index contributed by atoms with van der Waals surface area (Å²) in [6, 6.07) is 15.1. The molecular weight excluding hydrogens is 332 g/mol. The number of hydrogen-bond donors (Lipinski definition) is 1. The first-order chi connectivity index (χ1) is 12.7. The van der Waals surface area contributed by atoms with Gasteiger partial charge in [-0.25, -0.2) is 4.79 Å². The van der Waals surface area contributed by atoms with E-state index in [0.29, 0.717) is 37.8 Å². The Bertz CT molecular complexity index is 761. The predicted molar refractivity (Wildman–Crippen MR) is 96.1 cm³/mol. The van der Waals surface area contributed by atoms with Crippen molar-refractivity contribution in [3.05, 3.63) is 83.7 Å². The first-order valence-electron chi connectivity index (χ1n) is 8.39. The van der Waals surface area contributed by atoms with Gasteiger partial charge in [-0.15, -0.1) is 0 Å². The monoisotopic (exact) mass is 354 g/mol. The Morgan fingerprint density at radius 1 is 1.00 bits per heavy atom. The maximum atomic E-state index is 12.7. The molecule has 3 aromatic rings. The molecule has 0 saturated heterocycles. The number of methoxy groups -OCH3 is 1. The van der Waals surface area contributed by atoms with Crippen molar-refractivity contribution >= 4 is 6.03 Å². The van der Waals surface area contributed by atoms with Gasteiger partial charge in [0.15, 0.2) is 0 Å². The third kappa shape index (κ3) is 5.00. The molecule has 26 heavy (non-hydrogen) atoms. The van der Waals surface area contributed by atoms with Crippen LogP contribution in [0, 0.1) is 0 Å². The van der Waals surface area contributed by atoms with Crippen LogP contribution in [-0.2, 0) is 31.0 Å². The molecular formula is C20H22N2O4. The molecule has 2 aromatic heterocycles. The summed E-state index contributed by atoms with van der Waals surface area (Å²) in [5.74, 6) is 1.43. The molecule has 0 saturated carbocycles. The van der Waals surface area contributed by atoms with Crippen LogP contribution in [0.25, 0.3) is 0 Å². The molecule has 0 fully saturated rings. The predicted octanol–water partition coefficient (Wildman–Crippen LogP) is 3.93. The van der Waals surface area contributed by atoms with Crippen molar-refractivity contribution in [2.24, 2.45) is 0 Å². The largest absolute Gasteiger partial charge is 0.467 e. The Kier molecular flexibility index (Phi) is 6.11. The molecule has 0 radical (unpaired) electrons. The smallest absolute Gasteiger partial charge is 0.318 e. The van der Waals surface area contributed by atoms with Crippen molar-refractivity contribution < 1.29 is 18.4 Å². The Morgan fingerprint density at radius 2 is 1.65 bits per heavy atom. The first kappa shape index (κ1) is 17.8. The highest BCUT2D eigenvalue weighted by Gasteiger charge is 2.17. The van der Waals surface area contributed by atoms with Gasteiger partial charge in [0.1, 0.15) is 11.5 Å². The van der Waals surface area contributed by atoms with Crippen molar-refractivity contribution in [1.29, 1.82) is 0 Å². The van der Waals surface area contributed by atoms with Gasteiger partial charge in [0, 0.05) is 13.7 Å². The molecule has 0 spiro atoms. The van der Waals surface area contributed by atoms with Crippen LogP contribution in [0.1, 0.15) is 22.6 Å². The lowest BCUT2D eigenvalue weighted by Crippen LogP contribution is -2.38. The fourth-order valence-electron chi connectivity index (χ4n) is 2.67. The summed E-state index contributed by atoms with van der Waals surface area (Å²) in [6.45, 7) is 1.71. The normalized spacial score (nSPS) is 10.7. The minimum Gasteiger partial charge on any atom is -0.467 e. The third-order valence-electron chi connectivity index (χ3n) is 3.89. The van der Waals surface area contributed by atoms with Gasteiger partial charge < -0.3 is 23.8 Å². The van der Waals surface area contributed by atoms with E-state index in [-0.39, 0.29) is 6.03 Å². The van der Waals surface area contributed by atoms with Crippen LogP contribution in [0.5, 0.6) is 0 Å². The molecule has 3 rings (SSSR count). The Morgan fingerprint density at radius 3 is 2.23 bits per heavy atom. The first-order valence-corrected chi connectivity index (χ1v) is 8.39. The fourth-order valence-corrected chi connectivity index (χ4v) is 2.67. The van der Waals surface area contributed by atoms with Gasteiger partial charge in [0.25, 0.3) is 0 Å². The quantitative estimate of drug-likeness (QED) is 0.665. The van der Waals surface area contributed by atoms with E-state index in [1.165, 1.54) is 0 Å². The molecule has 0 aliphatic heterocycles. The zero-order chi connectivity index (χ0) is 18.2. The van der Waals surface area contributed by atoms with Gasteiger partial charge in [0.2, 0.25) is 0 Å². The second kappa shape index (κ2) is 8.92. The minimum atomic E-state index is -0.185. The van der Waals surface area contributed by atoms with Gasteiger partial charge in [0.05, 0.1) is 32.2 Å². The third-order valence-corrected chi connectivity index (χ3v) is 3.89. The van der Waals surface area contributed by atoms with Crippen molar-refractivity contribution in [1.82, 2.24) is 10.2 Å². The summed E-state index contributed by atoms with van der Waals surface area (Å²) < 4.78 is 15.9. The number of amides is 2. The van der Waals surface area contributed by atoms with Crippen LogP contribution >= 0.6 is 0 Å². The van der Waals surface area contributed by atoms with Crippen molar-refractivity contribution in [2.45, 2.75) is 26.2 Å². The molecule has 1 aromatic carbocycles. The van der Waals surface area contributed by atoms with E-state index >= 15 is 0 Å². The second-order valence-electron chi connectivity index (χ2n) is 5.93. The number of carbonyl (C=O) groups excluding carboxylic acids is 1. The molecule has 2 amide bonds. The van der Waals surface area contributed by atoms with Crippen LogP contribution < -0.4 is 5.32 Å². The van der Waals surface area contributed by atoms with E-state index in [0.717, 1.165) is 11.1 Å². The number of nitrogens with one attached hydrogen (secondary N) is 1. The van der Waals surface area contributed by atoms with Crippen LogP contribution in [0.4, 0.5) is 4.79 Å². The van der Waals surface area contributed by atoms with Crippen molar-refractivity contribution in [3.8, 4) is 0 Å². The lowest BCUT2D eigenvalue weighted by Gasteiger charge is -2.21. The zero-order valence-corrected chi connectivity index (χ0v) is 14.7. The summed E-state index contributed by atoms with van der Waals surface area (Å²) in [5.41, 5.74) is 2.09. The lowest BCUT2D eigenvalue weighted by molar-refractivity contribution is 0.181. The van der Waals surface area contributed by atoms with E-state index in [4.69, 9.17) is 13.6 Å². The van der Waals surface area contributed by atoms with Crippen molar-refractivity contribution in [2.75, 3.05) is 7.11 Å². The molecule has 0 aliphatic carbocycles. The number of nitrogens with zero attached hydrogens (tertiary/aromatic N) is 1. The van der Waals surface area contributed by atoms with E-state index in [9.17, 15) is 4.79 Å². The van der Waals surface area contributed by atoms with Gasteiger partial charge in [-0.3, -0.25) is 0 Å². The summed E-state index contributed by atoms with van der Waals surface area (Å²) in [4.78, 5) is 14.3. The maximum Gasteiger partial charge on any atom is 0.318 e. The van der Waals surface area contributed by atoms with Crippen LogP contribution in [-0.4, -0.2) is 18.0 Å². The molecule has 0 aliphatic rings. The average molecular weight is 354 g/mol. The minimum absolute atomic E-state index is 0.185. The van der Waals surface area contributed by atoms with Gasteiger partial charge in [-0.1, -0.05) is 24.3 Å². The van der Waals surface area contributed by atoms with Gasteiger partial charge in [-0.2, -0.15) is 0 Å². The molecule has 136 valence electrons. The SMILES string of the molecule is COCc1cccc(CNC(=O)N(Cc2ccco2)Cc2ccco2)c1. The number of rotatable bonds is 8. The summed E-state index contributed by atoms with van der Waals surface area (Å²) >= 11 is 0. The summed E-state index contributed by atoms with van der Waals surface area (Å²) in [6.07, 6.45) is 3.19. The van der Waals surface area contributed by atoms with E-state index < -0.39 is 0 Å². The molecule has 1 N–H and O–H groups in total. The Labute approximate surface area is 152 Å². The lowest BCUT2D eigenvalue weighted by atomic mass is 10.1.